The first-order valence-corrected chi connectivity index (χ1v) is 7.46. The van der Waals surface area contributed by atoms with Crippen molar-refractivity contribution < 1.29 is 9.18 Å². The van der Waals surface area contributed by atoms with Crippen LogP contribution in [0, 0.1) is 5.82 Å². The minimum absolute atomic E-state index is 0.0277. The van der Waals surface area contributed by atoms with Crippen LogP contribution in [0.15, 0.2) is 23.6 Å². The summed E-state index contributed by atoms with van der Waals surface area (Å²) in [5, 5.41) is 8.32. The highest BCUT2D eigenvalue weighted by Crippen LogP contribution is 2.29. The Morgan fingerprint density at radius 1 is 1.35 bits per heavy atom. The van der Waals surface area contributed by atoms with E-state index in [1.807, 2.05) is 11.4 Å². The number of halogens is 2. The van der Waals surface area contributed by atoms with E-state index in [9.17, 15) is 9.18 Å². The molecule has 1 aromatic carbocycles. The second-order valence-electron chi connectivity index (χ2n) is 4.62. The van der Waals surface area contributed by atoms with Crippen LogP contribution in [0.2, 0.25) is 5.02 Å². The molecule has 1 aliphatic rings. The van der Waals surface area contributed by atoms with Gasteiger partial charge in [0.25, 0.3) is 0 Å². The SMILES string of the molecule is O=C1CCc2cc(F)c(NCc3cc(Cl)cs3)cc2N1. The average Bonchev–Trinajstić information content (AvgIpc) is 2.83. The molecule has 6 heteroatoms. The Hall–Kier alpha value is -1.59. The number of nitrogens with one attached hydrogen (secondary N) is 2. The molecule has 0 aliphatic carbocycles. The molecule has 0 saturated carbocycles. The molecular formula is C14H12ClFN2OS. The summed E-state index contributed by atoms with van der Waals surface area (Å²) in [5.41, 5.74) is 1.91. The highest BCUT2D eigenvalue weighted by atomic mass is 35.5. The van der Waals surface area contributed by atoms with Crippen LogP contribution >= 0.6 is 22.9 Å². The molecule has 0 radical (unpaired) electrons. The Morgan fingerprint density at radius 2 is 2.20 bits per heavy atom. The number of hydrogen-bond donors (Lipinski definition) is 2. The lowest BCUT2D eigenvalue weighted by molar-refractivity contribution is -0.116. The number of thiophene rings is 1. The molecule has 0 atom stereocenters. The van der Waals surface area contributed by atoms with Gasteiger partial charge in [0.1, 0.15) is 5.82 Å². The molecule has 2 heterocycles. The number of aryl methyl sites for hydroxylation is 1. The topological polar surface area (TPSA) is 41.1 Å². The van der Waals surface area contributed by atoms with Gasteiger partial charge in [-0.15, -0.1) is 11.3 Å². The molecular weight excluding hydrogens is 299 g/mol. The van der Waals surface area contributed by atoms with Crippen molar-refractivity contribution in [2.45, 2.75) is 19.4 Å². The summed E-state index contributed by atoms with van der Waals surface area (Å²) in [6.45, 7) is 0.501. The van der Waals surface area contributed by atoms with Crippen LogP contribution in [0.3, 0.4) is 0 Å². The average molecular weight is 311 g/mol. The molecule has 1 aliphatic heterocycles. The van der Waals surface area contributed by atoms with Gasteiger partial charge in [0.15, 0.2) is 0 Å². The van der Waals surface area contributed by atoms with Gasteiger partial charge >= 0.3 is 0 Å². The monoisotopic (exact) mass is 310 g/mol. The maximum absolute atomic E-state index is 14.0. The molecule has 3 nitrogen and oxygen atoms in total. The van der Waals surface area contributed by atoms with E-state index in [-0.39, 0.29) is 11.7 Å². The highest BCUT2D eigenvalue weighted by molar-refractivity contribution is 7.10. The lowest BCUT2D eigenvalue weighted by Gasteiger charge is -2.18. The van der Waals surface area contributed by atoms with Gasteiger partial charge in [0.05, 0.1) is 10.7 Å². The maximum Gasteiger partial charge on any atom is 0.224 e. The molecule has 1 amide bonds. The number of anilines is 2. The Bertz CT molecular complexity index is 671. The van der Waals surface area contributed by atoms with E-state index >= 15 is 0 Å². The number of carbonyl (C=O) groups excluding carboxylic acids is 1. The smallest absolute Gasteiger partial charge is 0.224 e. The first-order valence-electron chi connectivity index (χ1n) is 6.21. The predicted molar refractivity (Wildman–Crippen MR) is 80.0 cm³/mol. The standard InChI is InChI=1S/C14H12ClFN2OS/c15-9-4-10(20-7-9)6-17-13-5-12-8(3-11(13)16)1-2-14(19)18-12/h3-5,7,17H,1-2,6H2,(H,18,19). The minimum Gasteiger partial charge on any atom is -0.378 e. The lowest BCUT2D eigenvalue weighted by Crippen LogP contribution is -2.19. The van der Waals surface area contributed by atoms with Gasteiger partial charge in [0, 0.05) is 28.9 Å². The fraction of sp³-hybridized carbons (Fsp3) is 0.214. The largest absolute Gasteiger partial charge is 0.378 e. The normalized spacial score (nSPS) is 13.8. The van der Waals surface area contributed by atoms with Gasteiger partial charge in [0.2, 0.25) is 5.91 Å². The summed E-state index contributed by atoms with van der Waals surface area (Å²) >= 11 is 7.36. The number of fused-ring (bicyclic) bond motifs is 1. The molecule has 0 spiro atoms. The number of amides is 1. The molecule has 0 saturated heterocycles. The number of carbonyl (C=O) groups is 1. The summed E-state index contributed by atoms with van der Waals surface area (Å²) in [5.74, 6) is -0.331. The molecule has 0 bridgehead atoms. The van der Waals surface area contributed by atoms with Gasteiger partial charge in [-0.05, 0) is 30.2 Å². The van der Waals surface area contributed by atoms with E-state index in [1.54, 1.807) is 6.07 Å². The molecule has 2 aromatic rings. The molecule has 104 valence electrons. The van der Waals surface area contributed by atoms with Crippen molar-refractivity contribution in [3.05, 3.63) is 44.9 Å². The third-order valence-electron chi connectivity index (χ3n) is 3.16. The van der Waals surface area contributed by atoms with Crippen molar-refractivity contribution in [3.8, 4) is 0 Å². The summed E-state index contributed by atoms with van der Waals surface area (Å²) in [6.07, 6.45) is 0.992. The first-order chi connectivity index (χ1) is 9.61. The summed E-state index contributed by atoms with van der Waals surface area (Å²) < 4.78 is 14.0. The Balaban J connectivity index is 1.79. The van der Waals surface area contributed by atoms with Crippen LogP contribution < -0.4 is 10.6 Å². The second kappa shape index (κ2) is 5.42. The van der Waals surface area contributed by atoms with Crippen molar-refractivity contribution in [1.82, 2.24) is 0 Å². The van der Waals surface area contributed by atoms with Crippen LogP contribution in [0.25, 0.3) is 0 Å². The summed E-state index contributed by atoms with van der Waals surface area (Å²) in [6, 6.07) is 4.98. The number of hydrogen-bond acceptors (Lipinski definition) is 3. The van der Waals surface area contributed by atoms with E-state index in [2.05, 4.69) is 10.6 Å². The Morgan fingerprint density at radius 3 is 2.95 bits per heavy atom. The fourth-order valence-corrected chi connectivity index (χ4v) is 3.18. The van der Waals surface area contributed by atoms with E-state index in [1.165, 1.54) is 17.4 Å². The second-order valence-corrected chi connectivity index (χ2v) is 6.05. The highest BCUT2D eigenvalue weighted by Gasteiger charge is 2.17. The van der Waals surface area contributed by atoms with Crippen molar-refractivity contribution in [2.75, 3.05) is 10.6 Å². The molecule has 2 N–H and O–H groups in total. The lowest BCUT2D eigenvalue weighted by atomic mass is 10.0. The van der Waals surface area contributed by atoms with Crippen LogP contribution in [-0.2, 0) is 17.8 Å². The van der Waals surface area contributed by atoms with Crippen LogP contribution in [0.5, 0.6) is 0 Å². The van der Waals surface area contributed by atoms with Crippen LogP contribution in [-0.4, -0.2) is 5.91 Å². The molecule has 0 unspecified atom stereocenters. The number of benzene rings is 1. The minimum atomic E-state index is -0.303. The third-order valence-corrected chi connectivity index (χ3v) is 4.45. The third kappa shape index (κ3) is 2.78. The quantitative estimate of drug-likeness (QED) is 0.898. The molecule has 0 fully saturated rings. The van der Waals surface area contributed by atoms with Crippen molar-refractivity contribution in [3.63, 3.8) is 0 Å². The van der Waals surface area contributed by atoms with Crippen LogP contribution in [0.1, 0.15) is 16.9 Å². The summed E-state index contributed by atoms with van der Waals surface area (Å²) in [7, 11) is 0. The van der Waals surface area contributed by atoms with Gasteiger partial charge in [-0.3, -0.25) is 4.79 Å². The Kier molecular flexibility index (Phi) is 3.63. The maximum atomic E-state index is 14.0. The van der Waals surface area contributed by atoms with Gasteiger partial charge in [-0.2, -0.15) is 0 Å². The number of rotatable bonds is 3. The van der Waals surface area contributed by atoms with Gasteiger partial charge < -0.3 is 10.6 Å². The Labute approximate surface area is 124 Å². The van der Waals surface area contributed by atoms with Crippen molar-refractivity contribution in [2.24, 2.45) is 0 Å². The zero-order valence-electron chi connectivity index (χ0n) is 10.5. The van der Waals surface area contributed by atoms with Gasteiger partial charge in [-0.25, -0.2) is 4.39 Å². The first kappa shape index (κ1) is 13.4. The van der Waals surface area contributed by atoms with E-state index in [0.29, 0.717) is 35.8 Å². The predicted octanol–water partition coefficient (Wildman–Crippen LogP) is 4.04. The van der Waals surface area contributed by atoms with E-state index in [4.69, 9.17) is 11.6 Å². The van der Waals surface area contributed by atoms with E-state index in [0.717, 1.165) is 10.4 Å². The van der Waals surface area contributed by atoms with Crippen molar-refractivity contribution >= 4 is 40.2 Å². The zero-order valence-corrected chi connectivity index (χ0v) is 12.1. The molecule has 20 heavy (non-hydrogen) atoms. The molecule has 1 aromatic heterocycles. The zero-order chi connectivity index (χ0) is 14.1. The molecule has 3 rings (SSSR count). The van der Waals surface area contributed by atoms with Crippen molar-refractivity contribution in [1.29, 1.82) is 0 Å². The van der Waals surface area contributed by atoms with Gasteiger partial charge in [-0.1, -0.05) is 11.6 Å². The van der Waals surface area contributed by atoms with Crippen LogP contribution in [0.4, 0.5) is 15.8 Å². The fourth-order valence-electron chi connectivity index (χ4n) is 2.16. The summed E-state index contributed by atoms with van der Waals surface area (Å²) in [4.78, 5) is 12.4. The van der Waals surface area contributed by atoms with E-state index < -0.39 is 0 Å².